The zero-order valence-electron chi connectivity index (χ0n) is 16.2. The van der Waals surface area contributed by atoms with Crippen molar-refractivity contribution in [1.29, 1.82) is 0 Å². The van der Waals surface area contributed by atoms with E-state index in [-0.39, 0.29) is 22.8 Å². The number of amides is 2. The number of rotatable bonds is 6. The van der Waals surface area contributed by atoms with Crippen molar-refractivity contribution in [3.63, 3.8) is 0 Å². The highest BCUT2D eigenvalue weighted by Gasteiger charge is 2.18. The van der Waals surface area contributed by atoms with Gasteiger partial charge in [0.1, 0.15) is 6.61 Å². The maximum atomic E-state index is 12.3. The molecule has 30 heavy (non-hydrogen) atoms. The second-order valence-corrected chi connectivity index (χ2v) is 8.20. The predicted octanol–water partition coefficient (Wildman–Crippen LogP) is 3.86. The molecule has 0 spiro atoms. The third kappa shape index (κ3) is 5.68. The highest BCUT2D eigenvalue weighted by atomic mass is 32.2. The first kappa shape index (κ1) is 21.1. The molecule has 0 heterocycles. The van der Waals surface area contributed by atoms with Crippen LogP contribution in [0.4, 0.5) is 10.5 Å². The Kier molecular flexibility index (Phi) is 6.48. The van der Waals surface area contributed by atoms with E-state index in [2.05, 4.69) is 5.32 Å². The Morgan fingerprint density at radius 3 is 2.37 bits per heavy atom. The number of benzene rings is 3. The summed E-state index contributed by atoms with van der Waals surface area (Å²) in [5.41, 5.74) is 2.08. The Morgan fingerprint density at radius 1 is 0.900 bits per heavy atom. The highest BCUT2D eigenvalue weighted by Crippen LogP contribution is 2.14. The van der Waals surface area contributed by atoms with Crippen molar-refractivity contribution in [2.24, 2.45) is 0 Å². The minimum atomic E-state index is -4.02. The molecule has 0 saturated heterocycles. The lowest BCUT2D eigenvalue weighted by molar-refractivity contribution is 0.0472. The van der Waals surface area contributed by atoms with Gasteiger partial charge in [-0.1, -0.05) is 48.5 Å². The lowest BCUT2D eigenvalue weighted by atomic mass is 10.2. The van der Waals surface area contributed by atoms with Gasteiger partial charge < -0.3 is 10.1 Å². The van der Waals surface area contributed by atoms with Gasteiger partial charge >= 0.3 is 12.0 Å². The fourth-order valence-electron chi connectivity index (χ4n) is 2.65. The molecule has 0 saturated carbocycles. The molecule has 8 heteroatoms. The summed E-state index contributed by atoms with van der Waals surface area (Å²) in [6.07, 6.45) is 0. The van der Waals surface area contributed by atoms with Crippen molar-refractivity contribution in [2.75, 3.05) is 5.32 Å². The Labute approximate surface area is 174 Å². The minimum absolute atomic E-state index is 0.0177. The summed E-state index contributed by atoms with van der Waals surface area (Å²) >= 11 is 0. The van der Waals surface area contributed by atoms with Crippen LogP contribution in [0.3, 0.4) is 0 Å². The molecule has 0 aliphatic rings. The highest BCUT2D eigenvalue weighted by molar-refractivity contribution is 7.90. The molecule has 0 aliphatic carbocycles. The van der Waals surface area contributed by atoms with Crippen LogP contribution < -0.4 is 10.0 Å². The van der Waals surface area contributed by atoms with Gasteiger partial charge in [0.25, 0.3) is 10.0 Å². The Bertz CT molecular complexity index is 1160. The number of sulfonamides is 1. The van der Waals surface area contributed by atoms with Gasteiger partial charge in [0, 0.05) is 5.69 Å². The van der Waals surface area contributed by atoms with Crippen LogP contribution in [0.2, 0.25) is 0 Å². The number of aryl methyl sites for hydroxylation is 1. The van der Waals surface area contributed by atoms with Crippen LogP contribution in [0.5, 0.6) is 0 Å². The van der Waals surface area contributed by atoms with Crippen molar-refractivity contribution in [2.45, 2.75) is 18.4 Å². The summed E-state index contributed by atoms with van der Waals surface area (Å²) in [4.78, 5) is 24.4. The molecule has 3 aromatic rings. The number of ether oxygens (including phenoxy) is 1. The first-order valence-electron chi connectivity index (χ1n) is 9.05. The molecule has 0 atom stereocenters. The van der Waals surface area contributed by atoms with Gasteiger partial charge in [-0.15, -0.1) is 0 Å². The Hall–Kier alpha value is -3.65. The van der Waals surface area contributed by atoms with Crippen LogP contribution in [0.15, 0.2) is 83.8 Å². The molecular weight excluding hydrogens is 404 g/mol. The quantitative estimate of drug-likeness (QED) is 0.585. The second kappa shape index (κ2) is 9.23. The van der Waals surface area contributed by atoms with Crippen LogP contribution in [0.1, 0.15) is 21.5 Å². The standard InChI is InChI=1S/C22H20N2O5S/c1-16-7-5-12-20(13-16)30(27,28)24-22(26)23-19-11-6-10-18(14-19)21(25)29-15-17-8-3-2-4-9-17/h2-14H,15H2,1H3,(H2,23,24,26). The SMILES string of the molecule is Cc1cccc(S(=O)(=O)NC(=O)Nc2cccc(C(=O)OCc3ccccc3)c2)c1. The van der Waals surface area contributed by atoms with Crippen molar-refractivity contribution >= 4 is 27.7 Å². The fraction of sp³-hybridized carbons (Fsp3) is 0.0909. The summed E-state index contributed by atoms with van der Waals surface area (Å²) in [7, 11) is -4.02. The zero-order valence-corrected chi connectivity index (χ0v) is 17.0. The molecule has 0 unspecified atom stereocenters. The minimum Gasteiger partial charge on any atom is -0.457 e. The van der Waals surface area contributed by atoms with E-state index in [1.54, 1.807) is 31.2 Å². The lowest BCUT2D eigenvalue weighted by Crippen LogP contribution is -2.34. The van der Waals surface area contributed by atoms with Crippen molar-refractivity contribution in [1.82, 2.24) is 4.72 Å². The van der Waals surface area contributed by atoms with Crippen molar-refractivity contribution < 1.29 is 22.7 Å². The van der Waals surface area contributed by atoms with E-state index in [1.165, 1.54) is 24.3 Å². The molecule has 0 bridgehead atoms. The van der Waals surface area contributed by atoms with Crippen LogP contribution in [-0.4, -0.2) is 20.4 Å². The maximum absolute atomic E-state index is 12.3. The van der Waals surface area contributed by atoms with E-state index in [0.29, 0.717) is 0 Å². The number of carbonyl (C=O) groups excluding carboxylic acids is 2. The summed E-state index contributed by atoms with van der Waals surface area (Å²) in [5, 5.41) is 2.41. The van der Waals surface area contributed by atoms with Crippen LogP contribution in [0, 0.1) is 6.92 Å². The van der Waals surface area contributed by atoms with E-state index in [4.69, 9.17) is 4.74 Å². The molecule has 2 N–H and O–H groups in total. The number of anilines is 1. The number of nitrogens with one attached hydrogen (secondary N) is 2. The summed E-state index contributed by atoms with van der Waals surface area (Å²) in [6, 6.07) is 20.5. The largest absolute Gasteiger partial charge is 0.457 e. The van der Waals surface area contributed by atoms with Crippen molar-refractivity contribution in [3.05, 3.63) is 95.6 Å². The predicted molar refractivity (Wildman–Crippen MR) is 113 cm³/mol. The molecule has 154 valence electrons. The third-order valence-corrected chi connectivity index (χ3v) is 5.42. The van der Waals surface area contributed by atoms with E-state index >= 15 is 0 Å². The Morgan fingerprint density at radius 2 is 1.63 bits per heavy atom. The second-order valence-electron chi connectivity index (χ2n) is 6.52. The van der Waals surface area contributed by atoms with E-state index < -0.39 is 22.0 Å². The van der Waals surface area contributed by atoms with Gasteiger partial charge in [0.15, 0.2) is 0 Å². The van der Waals surface area contributed by atoms with Gasteiger partial charge in [-0.25, -0.2) is 22.7 Å². The van der Waals surface area contributed by atoms with E-state index in [0.717, 1.165) is 11.1 Å². The van der Waals surface area contributed by atoms with Crippen LogP contribution >= 0.6 is 0 Å². The van der Waals surface area contributed by atoms with Gasteiger partial charge in [-0.3, -0.25) is 0 Å². The van der Waals surface area contributed by atoms with Gasteiger partial charge in [-0.2, -0.15) is 0 Å². The monoisotopic (exact) mass is 424 g/mol. The molecule has 0 fully saturated rings. The fourth-order valence-corrected chi connectivity index (χ4v) is 3.66. The number of urea groups is 1. The molecule has 7 nitrogen and oxygen atoms in total. The molecule has 3 aromatic carbocycles. The van der Waals surface area contributed by atoms with Gasteiger partial charge in [-0.05, 0) is 48.4 Å². The molecule has 0 aliphatic heterocycles. The molecule has 0 radical (unpaired) electrons. The third-order valence-electron chi connectivity index (χ3n) is 4.10. The zero-order chi connectivity index (χ0) is 21.6. The van der Waals surface area contributed by atoms with Gasteiger partial charge in [0.05, 0.1) is 10.5 Å². The van der Waals surface area contributed by atoms with E-state index in [9.17, 15) is 18.0 Å². The summed E-state index contributed by atoms with van der Waals surface area (Å²) < 4.78 is 31.9. The average Bonchev–Trinajstić information content (AvgIpc) is 2.72. The molecular formula is C22H20N2O5S. The topological polar surface area (TPSA) is 102 Å². The van der Waals surface area contributed by atoms with Crippen LogP contribution in [0.25, 0.3) is 0 Å². The number of hydrogen-bond acceptors (Lipinski definition) is 5. The Balaban J connectivity index is 1.63. The smallest absolute Gasteiger partial charge is 0.338 e. The molecule has 0 aromatic heterocycles. The molecule has 3 rings (SSSR count). The number of esters is 1. The van der Waals surface area contributed by atoms with E-state index in [1.807, 2.05) is 35.1 Å². The summed E-state index contributed by atoms with van der Waals surface area (Å²) in [5.74, 6) is -0.560. The molecule has 2 amide bonds. The normalized spacial score (nSPS) is 10.8. The van der Waals surface area contributed by atoms with Crippen LogP contribution in [-0.2, 0) is 21.4 Å². The first-order valence-corrected chi connectivity index (χ1v) is 10.5. The van der Waals surface area contributed by atoms with Crippen molar-refractivity contribution in [3.8, 4) is 0 Å². The summed E-state index contributed by atoms with van der Waals surface area (Å²) in [6.45, 7) is 1.87. The number of hydrogen-bond donors (Lipinski definition) is 2. The lowest BCUT2D eigenvalue weighted by Gasteiger charge is -2.10. The average molecular weight is 424 g/mol. The first-order chi connectivity index (χ1) is 14.3. The maximum Gasteiger partial charge on any atom is 0.338 e. The number of carbonyl (C=O) groups is 2. The van der Waals surface area contributed by atoms with Gasteiger partial charge in [0.2, 0.25) is 0 Å².